The highest BCUT2D eigenvalue weighted by Crippen LogP contribution is 2.21. The summed E-state index contributed by atoms with van der Waals surface area (Å²) in [7, 11) is -2.04. The van der Waals surface area contributed by atoms with Crippen LogP contribution in [-0.2, 0) is 21.4 Å². The lowest BCUT2D eigenvalue weighted by atomic mass is 10.2. The lowest BCUT2D eigenvalue weighted by Gasteiger charge is -2.17. The molecule has 1 aliphatic carbocycles. The Kier molecular flexibility index (Phi) is 5.58. The standard InChI is InChI=1S/C19H22N2O4S/c1-21(13-15-5-3-2-4-6-15)26(23,24)18-11-9-17(10-12-18)25-14-19(22)20-16-7-8-16/h2-6,9-12,16H,7-8,13-14H2,1H3,(H,20,22). The fourth-order valence-corrected chi connectivity index (χ4v) is 3.62. The minimum Gasteiger partial charge on any atom is -0.484 e. The smallest absolute Gasteiger partial charge is 0.258 e. The Morgan fingerprint density at radius 1 is 1.12 bits per heavy atom. The van der Waals surface area contributed by atoms with Gasteiger partial charge in [0.15, 0.2) is 6.61 Å². The fraction of sp³-hybridized carbons (Fsp3) is 0.316. The zero-order chi connectivity index (χ0) is 18.6. The first kappa shape index (κ1) is 18.4. The number of carbonyl (C=O) groups is 1. The summed E-state index contributed by atoms with van der Waals surface area (Å²) in [4.78, 5) is 11.8. The normalized spacial score (nSPS) is 14.2. The Morgan fingerprint density at radius 3 is 2.38 bits per heavy atom. The van der Waals surface area contributed by atoms with Gasteiger partial charge in [-0.25, -0.2) is 8.42 Å². The van der Waals surface area contributed by atoms with E-state index in [1.54, 1.807) is 19.2 Å². The summed E-state index contributed by atoms with van der Waals surface area (Å²) >= 11 is 0. The Hall–Kier alpha value is -2.38. The van der Waals surface area contributed by atoms with Crippen molar-refractivity contribution in [3.8, 4) is 5.75 Å². The van der Waals surface area contributed by atoms with Crippen molar-refractivity contribution >= 4 is 15.9 Å². The molecule has 1 amide bonds. The monoisotopic (exact) mass is 374 g/mol. The Morgan fingerprint density at radius 2 is 1.77 bits per heavy atom. The number of nitrogens with one attached hydrogen (secondary N) is 1. The highest BCUT2D eigenvalue weighted by molar-refractivity contribution is 7.89. The number of amides is 1. The van der Waals surface area contributed by atoms with Gasteiger partial charge in [0.1, 0.15) is 5.75 Å². The van der Waals surface area contributed by atoms with Gasteiger partial charge in [0.05, 0.1) is 4.90 Å². The molecule has 0 aliphatic heterocycles. The molecule has 0 bridgehead atoms. The summed E-state index contributed by atoms with van der Waals surface area (Å²) in [6, 6.07) is 15.8. The van der Waals surface area contributed by atoms with Crippen LogP contribution in [0.2, 0.25) is 0 Å². The van der Waals surface area contributed by atoms with Gasteiger partial charge in [0.25, 0.3) is 5.91 Å². The second kappa shape index (κ2) is 7.88. The van der Waals surface area contributed by atoms with E-state index >= 15 is 0 Å². The van der Waals surface area contributed by atoms with E-state index < -0.39 is 10.0 Å². The summed E-state index contributed by atoms with van der Waals surface area (Å²) in [6.07, 6.45) is 2.05. The Labute approximate surface area is 153 Å². The van der Waals surface area contributed by atoms with Gasteiger partial charge < -0.3 is 10.1 Å². The molecule has 2 aromatic carbocycles. The molecule has 0 radical (unpaired) electrons. The van der Waals surface area contributed by atoms with Crippen molar-refractivity contribution in [2.75, 3.05) is 13.7 Å². The highest BCUT2D eigenvalue weighted by Gasteiger charge is 2.23. The van der Waals surface area contributed by atoms with Crippen LogP contribution in [0.15, 0.2) is 59.5 Å². The predicted molar refractivity (Wildman–Crippen MR) is 98.2 cm³/mol. The average molecular weight is 374 g/mol. The predicted octanol–water partition coefficient (Wildman–Crippen LogP) is 2.16. The maximum atomic E-state index is 12.7. The quantitative estimate of drug-likeness (QED) is 0.768. The third-order valence-electron chi connectivity index (χ3n) is 4.09. The lowest BCUT2D eigenvalue weighted by molar-refractivity contribution is -0.123. The Balaban J connectivity index is 1.59. The van der Waals surface area contributed by atoms with E-state index in [4.69, 9.17) is 4.74 Å². The van der Waals surface area contributed by atoms with E-state index in [0.29, 0.717) is 18.3 Å². The molecule has 6 nitrogen and oxygen atoms in total. The summed E-state index contributed by atoms with van der Waals surface area (Å²) in [5.74, 6) is 0.299. The van der Waals surface area contributed by atoms with Crippen molar-refractivity contribution in [1.82, 2.24) is 9.62 Å². The molecular formula is C19H22N2O4S. The molecule has 138 valence electrons. The van der Waals surface area contributed by atoms with Gasteiger partial charge in [0, 0.05) is 19.6 Å². The van der Waals surface area contributed by atoms with Crippen LogP contribution < -0.4 is 10.1 Å². The highest BCUT2D eigenvalue weighted by atomic mass is 32.2. The number of nitrogens with zero attached hydrogens (tertiary/aromatic N) is 1. The minimum absolute atomic E-state index is 0.0729. The molecular weight excluding hydrogens is 352 g/mol. The van der Waals surface area contributed by atoms with Crippen LogP contribution in [0.1, 0.15) is 18.4 Å². The minimum atomic E-state index is -3.59. The van der Waals surface area contributed by atoms with Crippen molar-refractivity contribution in [2.45, 2.75) is 30.3 Å². The molecule has 0 spiro atoms. The van der Waals surface area contributed by atoms with E-state index in [1.807, 2.05) is 30.3 Å². The second-order valence-corrected chi connectivity index (χ2v) is 8.39. The molecule has 1 aliphatic rings. The van der Waals surface area contributed by atoms with Gasteiger partial charge >= 0.3 is 0 Å². The van der Waals surface area contributed by atoms with E-state index in [2.05, 4.69) is 5.32 Å². The lowest BCUT2D eigenvalue weighted by Crippen LogP contribution is -2.30. The largest absolute Gasteiger partial charge is 0.484 e. The molecule has 1 saturated carbocycles. The molecule has 1 N–H and O–H groups in total. The average Bonchev–Trinajstić information content (AvgIpc) is 3.45. The van der Waals surface area contributed by atoms with Crippen LogP contribution in [-0.4, -0.2) is 38.3 Å². The second-order valence-electron chi connectivity index (χ2n) is 6.35. The summed E-state index contributed by atoms with van der Waals surface area (Å²) in [5, 5.41) is 2.83. The number of sulfonamides is 1. The molecule has 7 heteroatoms. The number of hydrogen-bond acceptors (Lipinski definition) is 4. The van der Waals surface area contributed by atoms with E-state index in [9.17, 15) is 13.2 Å². The SMILES string of the molecule is CN(Cc1ccccc1)S(=O)(=O)c1ccc(OCC(=O)NC2CC2)cc1. The molecule has 0 unspecified atom stereocenters. The van der Waals surface area contributed by atoms with Gasteiger partial charge in [0.2, 0.25) is 10.0 Å². The van der Waals surface area contributed by atoms with E-state index in [-0.39, 0.29) is 17.4 Å². The molecule has 0 heterocycles. The summed E-state index contributed by atoms with van der Waals surface area (Å²) in [6.45, 7) is 0.221. The van der Waals surface area contributed by atoms with Crippen molar-refractivity contribution in [3.63, 3.8) is 0 Å². The Bertz CT molecular complexity index is 847. The van der Waals surface area contributed by atoms with Gasteiger partial charge in [-0.1, -0.05) is 30.3 Å². The van der Waals surface area contributed by atoms with Crippen molar-refractivity contribution < 1.29 is 17.9 Å². The van der Waals surface area contributed by atoms with Crippen LogP contribution in [0, 0.1) is 0 Å². The van der Waals surface area contributed by atoms with Crippen molar-refractivity contribution in [1.29, 1.82) is 0 Å². The maximum Gasteiger partial charge on any atom is 0.258 e. The van der Waals surface area contributed by atoms with Gasteiger partial charge in [-0.2, -0.15) is 4.31 Å². The first-order valence-corrected chi connectivity index (χ1v) is 9.91. The number of hydrogen-bond donors (Lipinski definition) is 1. The topological polar surface area (TPSA) is 75.7 Å². The van der Waals surface area contributed by atoms with E-state index in [1.165, 1.54) is 16.4 Å². The molecule has 3 rings (SSSR count). The molecule has 26 heavy (non-hydrogen) atoms. The van der Waals surface area contributed by atoms with Crippen LogP contribution >= 0.6 is 0 Å². The molecule has 0 aromatic heterocycles. The molecule has 0 saturated heterocycles. The number of carbonyl (C=O) groups excluding carboxylic acids is 1. The first-order valence-electron chi connectivity index (χ1n) is 8.47. The summed E-state index contributed by atoms with van der Waals surface area (Å²) in [5.41, 5.74) is 0.917. The molecule has 0 atom stereocenters. The molecule has 1 fully saturated rings. The number of ether oxygens (including phenoxy) is 1. The van der Waals surface area contributed by atoms with Gasteiger partial charge in [-0.05, 0) is 42.7 Å². The fourth-order valence-electron chi connectivity index (χ4n) is 2.46. The van der Waals surface area contributed by atoms with E-state index in [0.717, 1.165) is 18.4 Å². The van der Waals surface area contributed by atoms with Crippen molar-refractivity contribution in [2.24, 2.45) is 0 Å². The number of rotatable bonds is 8. The zero-order valence-electron chi connectivity index (χ0n) is 14.6. The maximum absolute atomic E-state index is 12.7. The third-order valence-corrected chi connectivity index (χ3v) is 5.91. The third kappa shape index (κ3) is 4.83. The van der Waals surface area contributed by atoms with Crippen LogP contribution in [0.3, 0.4) is 0 Å². The van der Waals surface area contributed by atoms with Crippen LogP contribution in [0.4, 0.5) is 0 Å². The van der Waals surface area contributed by atoms with Gasteiger partial charge in [-0.3, -0.25) is 4.79 Å². The number of benzene rings is 2. The van der Waals surface area contributed by atoms with Gasteiger partial charge in [-0.15, -0.1) is 0 Å². The van der Waals surface area contributed by atoms with Crippen molar-refractivity contribution in [3.05, 3.63) is 60.2 Å². The summed E-state index contributed by atoms with van der Waals surface area (Å²) < 4.78 is 32.0. The van der Waals surface area contributed by atoms with Crippen LogP contribution in [0.25, 0.3) is 0 Å². The van der Waals surface area contributed by atoms with Crippen LogP contribution in [0.5, 0.6) is 5.75 Å². The first-order chi connectivity index (χ1) is 12.4. The molecule has 2 aromatic rings. The zero-order valence-corrected chi connectivity index (χ0v) is 15.4.